The molecule has 3 N–H and O–H groups in total. The van der Waals surface area contributed by atoms with Gasteiger partial charge in [0.25, 0.3) is 8.53 Å². The topological polar surface area (TPSA) is 106 Å². The number of nitrogens with two attached hydrogens (primary N) is 1. The summed E-state index contributed by atoms with van der Waals surface area (Å²) >= 11 is 0. The fourth-order valence-corrected chi connectivity index (χ4v) is 2.69. The summed E-state index contributed by atoms with van der Waals surface area (Å²) < 4.78 is 5.34. The maximum atomic E-state index is 9.29. The predicted molar refractivity (Wildman–Crippen MR) is 74.1 cm³/mol. The van der Waals surface area contributed by atoms with Crippen molar-refractivity contribution in [2.24, 2.45) is 5.50 Å². The number of hydrogen-bond acceptors (Lipinski definition) is 6. The van der Waals surface area contributed by atoms with Crippen molar-refractivity contribution in [2.75, 3.05) is 0 Å². The van der Waals surface area contributed by atoms with Gasteiger partial charge in [0.15, 0.2) is 0 Å². The molecule has 0 aromatic heterocycles. The second kappa shape index (κ2) is 9.20. The van der Waals surface area contributed by atoms with Gasteiger partial charge in [0, 0.05) is 24.4 Å². The van der Waals surface area contributed by atoms with Crippen LogP contribution in [-0.2, 0) is 4.62 Å². The van der Waals surface area contributed by atoms with Crippen LogP contribution in [0.25, 0.3) is 0 Å². The van der Waals surface area contributed by atoms with Gasteiger partial charge in [-0.1, -0.05) is 0 Å². The average Bonchev–Trinajstić information content (AvgIpc) is 2.33. The van der Waals surface area contributed by atoms with Crippen LogP contribution < -0.4 is 5.50 Å². The molecule has 0 saturated carbocycles. The van der Waals surface area contributed by atoms with Crippen molar-refractivity contribution < 1.29 is 9.52 Å². The van der Waals surface area contributed by atoms with E-state index in [2.05, 4.69) is 12.1 Å². The summed E-state index contributed by atoms with van der Waals surface area (Å²) in [6.45, 7) is 5.85. The first kappa shape index (κ1) is 18.2. The smallest absolute Gasteiger partial charge is 0.268 e. The Hall–Kier alpha value is -0.750. The van der Waals surface area contributed by atoms with Crippen LogP contribution in [0.3, 0.4) is 0 Å². The van der Waals surface area contributed by atoms with Crippen LogP contribution in [0.2, 0.25) is 0 Å². The molecule has 2 atom stereocenters. The second-order valence-electron chi connectivity index (χ2n) is 4.97. The summed E-state index contributed by atoms with van der Waals surface area (Å²) in [7, 11) is -1.99. The van der Waals surface area contributed by atoms with E-state index < -0.39 is 14.1 Å². The van der Waals surface area contributed by atoms with Crippen LogP contribution in [-0.4, -0.2) is 21.5 Å². The first-order chi connectivity index (χ1) is 8.87. The number of nitriles is 2. The van der Waals surface area contributed by atoms with Crippen molar-refractivity contribution in [1.82, 2.24) is 5.06 Å². The van der Waals surface area contributed by atoms with Gasteiger partial charge in [0.05, 0.1) is 12.1 Å². The Morgan fingerprint density at radius 3 is 2.32 bits per heavy atom. The normalized spacial score (nSPS) is 15.8. The Balaban J connectivity index is 4.93. The third kappa shape index (κ3) is 6.82. The molecule has 0 bridgehead atoms. The van der Waals surface area contributed by atoms with E-state index in [1.807, 2.05) is 20.8 Å². The molecule has 0 radical (unpaired) electrons. The van der Waals surface area contributed by atoms with Gasteiger partial charge < -0.3 is 4.89 Å². The number of nitrogens with zero attached hydrogens (tertiary/aromatic N) is 3. The van der Waals surface area contributed by atoms with E-state index in [9.17, 15) is 4.89 Å². The van der Waals surface area contributed by atoms with Gasteiger partial charge in [-0.2, -0.15) is 15.6 Å². The number of hydroxylamine groups is 2. The molecule has 0 aromatic carbocycles. The van der Waals surface area contributed by atoms with Crippen LogP contribution in [0, 0.1) is 22.7 Å². The molecule has 0 aliphatic heterocycles. The van der Waals surface area contributed by atoms with Gasteiger partial charge in [-0.15, -0.1) is 0 Å². The van der Waals surface area contributed by atoms with Crippen molar-refractivity contribution >= 4 is 8.53 Å². The lowest BCUT2D eigenvalue weighted by molar-refractivity contribution is -0.167. The highest BCUT2D eigenvalue weighted by Crippen LogP contribution is 2.35. The molecule has 0 aliphatic carbocycles. The minimum absolute atomic E-state index is 0.0199. The molecule has 0 fully saturated rings. The maximum absolute atomic E-state index is 9.29. The fourth-order valence-electron chi connectivity index (χ4n) is 2.13. The summed E-state index contributed by atoms with van der Waals surface area (Å²) in [6.07, 6.45) is 2.90. The fraction of sp³-hybridized carbons (Fsp3) is 0.833. The molecule has 0 spiro atoms. The lowest BCUT2D eigenvalue weighted by Crippen LogP contribution is -2.49. The van der Waals surface area contributed by atoms with Crippen LogP contribution in [0.5, 0.6) is 0 Å². The van der Waals surface area contributed by atoms with E-state index in [0.29, 0.717) is 25.7 Å². The number of unbranched alkanes of at least 4 members (excludes halogenated alkanes) is 1. The van der Waals surface area contributed by atoms with E-state index in [1.54, 1.807) is 5.06 Å². The van der Waals surface area contributed by atoms with Crippen molar-refractivity contribution in [3.8, 4) is 12.1 Å². The first-order valence-electron chi connectivity index (χ1n) is 6.32. The molecule has 0 aliphatic rings. The Kier molecular flexibility index (Phi) is 8.84. The summed E-state index contributed by atoms with van der Waals surface area (Å²) in [6, 6.07) is 4.26. The quantitative estimate of drug-likeness (QED) is 0.383. The van der Waals surface area contributed by atoms with Gasteiger partial charge in [-0.25, -0.2) is 4.62 Å². The maximum Gasteiger partial charge on any atom is 0.268 e. The highest BCUT2D eigenvalue weighted by molar-refractivity contribution is 7.43. The van der Waals surface area contributed by atoms with Gasteiger partial charge in [-0.05, 0) is 40.0 Å². The van der Waals surface area contributed by atoms with Gasteiger partial charge in [-0.3, -0.25) is 5.50 Å². The van der Waals surface area contributed by atoms with E-state index in [-0.39, 0.29) is 6.04 Å². The molecule has 0 heterocycles. The Bertz CT molecular complexity index is 338. The minimum Gasteiger partial charge on any atom is -0.337 e. The molecular weight excluding hydrogens is 263 g/mol. The highest BCUT2D eigenvalue weighted by Gasteiger charge is 2.35. The highest BCUT2D eigenvalue weighted by atomic mass is 31.2. The molecule has 108 valence electrons. The van der Waals surface area contributed by atoms with Crippen molar-refractivity contribution in [3.05, 3.63) is 0 Å². The minimum atomic E-state index is -1.99. The molecule has 0 aromatic rings. The molecule has 2 unspecified atom stereocenters. The molecule has 6 nitrogen and oxygen atoms in total. The van der Waals surface area contributed by atoms with Gasteiger partial charge in [0.2, 0.25) is 0 Å². The summed E-state index contributed by atoms with van der Waals surface area (Å²) in [5.41, 5.74) is 4.94. The molecule has 0 amide bonds. The molecular formula is C12H23N4O2P. The van der Waals surface area contributed by atoms with Crippen LogP contribution in [0.15, 0.2) is 0 Å². The van der Waals surface area contributed by atoms with Crippen LogP contribution in [0.4, 0.5) is 0 Å². The van der Waals surface area contributed by atoms with E-state index in [4.69, 9.17) is 20.7 Å². The molecule has 0 saturated heterocycles. The van der Waals surface area contributed by atoms with E-state index >= 15 is 0 Å². The predicted octanol–water partition coefficient (Wildman–Crippen LogP) is 2.56. The Labute approximate surface area is 116 Å². The number of hydrogen-bond donors (Lipinski definition) is 2. The SMILES string of the molecule is CC(C)N(OP(N)O)C(C)(CCC#N)CCCC#N. The van der Waals surface area contributed by atoms with Crippen LogP contribution >= 0.6 is 8.53 Å². The Morgan fingerprint density at radius 2 is 1.89 bits per heavy atom. The summed E-state index contributed by atoms with van der Waals surface area (Å²) in [5, 5.41) is 19.1. The lowest BCUT2D eigenvalue weighted by Gasteiger charge is -2.42. The third-order valence-electron chi connectivity index (χ3n) is 2.95. The average molecular weight is 286 g/mol. The van der Waals surface area contributed by atoms with Crippen molar-refractivity contribution in [2.45, 2.75) is 64.5 Å². The molecule has 19 heavy (non-hydrogen) atoms. The van der Waals surface area contributed by atoms with E-state index in [0.717, 1.165) is 6.42 Å². The van der Waals surface area contributed by atoms with Gasteiger partial charge in [0.1, 0.15) is 0 Å². The monoisotopic (exact) mass is 286 g/mol. The summed E-state index contributed by atoms with van der Waals surface area (Å²) in [4.78, 5) is 9.29. The first-order valence-corrected chi connectivity index (χ1v) is 7.60. The largest absolute Gasteiger partial charge is 0.337 e. The van der Waals surface area contributed by atoms with Gasteiger partial charge >= 0.3 is 0 Å². The third-order valence-corrected chi connectivity index (χ3v) is 3.30. The Morgan fingerprint density at radius 1 is 1.32 bits per heavy atom. The zero-order valence-corrected chi connectivity index (χ0v) is 12.7. The summed E-state index contributed by atoms with van der Waals surface area (Å²) in [5.74, 6) is 0. The second-order valence-corrected chi connectivity index (χ2v) is 5.74. The lowest BCUT2D eigenvalue weighted by atomic mass is 9.88. The standard InChI is InChI=1S/C12H23N4O2P/c1-11(2)16(18-19(15)17)12(3,8-6-10-14)7-4-5-9-13/h11,17H,4-8,15H2,1-3H3. The zero-order chi connectivity index (χ0) is 14.9. The van der Waals surface area contributed by atoms with Crippen LogP contribution in [0.1, 0.15) is 52.9 Å². The number of rotatable bonds is 9. The van der Waals surface area contributed by atoms with E-state index in [1.165, 1.54) is 0 Å². The zero-order valence-electron chi connectivity index (χ0n) is 11.8. The molecule has 0 rings (SSSR count). The molecule has 7 heteroatoms. The van der Waals surface area contributed by atoms with Crippen molar-refractivity contribution in [3.63, 3.8) is 0 Å². The van der Waals surface area contributed by atoms with Crippen molar-refractivity contribution in [1.29, 1.82) is 10.5 Å².